The number of hydrogen-bond acceptors (Lipinski definition) is 4. The molecule has 2 heterocycles. The lowest BCUT2D eigenvalue weighted by Crippen LogP contribution is -2.39. The molecule has 1 aliphatic heterocycles. The molecule has 6 nitrogen and oxygen atoms in total. The molecule has 7 heteroatoms. The van der Waals surface area contributed by atoms with Crippen LogP contribution in [-0.4, -0.2) is 51.0 Å². The molecule has 0 aromatic carbocycles. The normalized spacial score (nSPS) is 20.7. The van der Waals surface area contributed by atoms with Crippen LogP contribution in [0.15, 0.2) is 27.8 Å². The van der Waals surface area contributed by atoms with Gasteiger partial charge < -0.3 is 24.5 Å². The summed E-state index contributed by atoms with van der Waals surface area (Å²) in [6, 6.07) is 3.92. The van der Waals surface area contributed by atoms with Crippen LogP contribution in [0.1, 0.15) is 57.1 Å². The van der Waals surface area contributed by atoms with E-state index in [2.05, 4.69) is 10.6 Å². The molecule has 2 N–H and O–H groups in total. The second-order valence-corrected chi connectivity index (χ2v) is 7.49. The SMILES string of the molecule is I.c1coc(CCNC(=NCC2CCCO2)NCCCOC2CCCCC2)c1. The van der Waals surface area contributed by atoms with Gasteiger partial charge in [-0.3, -0.25) is 4.99 Å². The molecule has 2 aliphatic rings. The van der Waals surface area contributed by atoms with E-state index < -0.39 is 0 Å². The van der Waals surface area contributed by atoms with Crippen LogP contribution in [0, 0.1) is 0 Å². The Labute approximate surface area is 186 Å². The van der Waals surface area contributed by atoms with Crippen molar-refractivity contribution in [3.8, 4) is 0 Å². The quantitative estimate of drug-likeness (QED) is 0.219. The van der Waals surface area contributed by atoms with Crippen molar-refractivity contribution in [3.05, 3.63) is 24.2 Å². The van der Waals surface area contributed by atoms with E-state index in [-0.39, 0.29) is 30.1 Å². The van der Waals surface area contributed by atoms with Gasteiger partial charge in [0.15, 0.2) is 5.96 Å². The van der Waals surface area contributed by atoms with Crippen molar-refractivity contribution in [1.82, 2.24) is 10.6 Å². The Balaban J connectivity index is 0.00000280. The molecule has 2 fully saturated rings. The van der Waals surface area contributed by atoms with E-state index in [0.29, 0.717) is 12.6 Å². The highest BCUT2D eigenvalue weighted by Gasteiger charge is 2.15. The third-order valence-electron chi connectivity index (χ3n) is 5.24. The van der Waals surface area contributed by atoms with Crippen molar-refractivity contribution in [3.63, 3.8) is 0 Å². The minimum absolute atomic E-state index is 0. The fourth-order valence-electron chi connectivity index (χ4n) is 3.68. The first-order valence-electron chi connectivity index (χ1n) is 10.7. The predicted molar refractivity (Wildman–Crippen MR) is 123 cm³/mol. The topological polar surface area (TPSA) is 68.0 Å². The van der Waals surface area contributed by atoms with Gasteiger partial charge in [-0.1, -0.05) is 19.3 Å². The number of nitrogens with one attached hydrogen (secondary N) is 2. The van der Waals surface area contributed by atoms with Gasteiger partial charge in [-0.2, -0.15) is 0 Å². The van der Waals surface area contributed by atoms with Gasteiger partial charge >= 0.3 is 0 Å². The Morgan fingerprint density at radius 1 is 1.11 bits per heavy atom. The summed E-state index contributed by atoms with van der Waals surface area (Å²) >= 11 is 0. The van der Waals surface area contributed by atoms with E-state index >= 15 is 0 Å². The van der Waals surface area contributed by atoms with Crippen LogP contribution in [-0.2, 0) is 15.9 Å². The van der Waals surface area contributed by atoms with Gasteiger partial charge in [-0.25, -0.2) is 0 Å². The number of rotatable bonds is 10. The average Bonchev–Trinajstić information content (AvgIpc) is 3.40. The molecule has 3 rings (SSSR count). The highest BCUT2D eigenvalue weighted by molar-refractivity contribution is 14.0. The Bertz CT molecular complexity index is 527. The zero-order valence-corrected chi connectivity index (χ0v) is 19.2. The molecule has 28 heavy (non-hydrogen) atoms. The number of aliphatic imine (C=N–C) groups is 1. The smallest absolute Gasteiger partial charge is 0.191 e. The summed E-state index contributed by atoms with van der Waals surface area (Å²) in [6.07, 6.45) is 13.0. The molecule has 0 spiro atoms. The van der Waals surface area contributed by atoms with Gasteiger partial charge in [0.05, 0.1) is 25.0 Å². The lowest BCUT2D eigenvalue weighted by Gasteiger charge is -2.22. The molecular weight excluding hydrogens is 469 g/mol. The Morgan fingerprint density at radius 2 is 1.96 bits per heavy atom. The fourth-order valence-corrected chi connectivity index (χ4v) is 3.68. The van der Waals surface area contributed by atoms with Crippen molar-refractivity contribution >= 4 is 29.9 Å². The van der Waals surface area contributed by atoms with Crippen molar-refractivity contribution in [1.29, 1.82) is 0 Å². The average molecular weight is 505 g/mol. The zero-order chi connectivity index (χ0) is 18.6. The molecule has 1 saturated carbocycles. The maximum absolute atomic E-state index is 6.00. The molecule has 1 atom stereocenters. The van der Waals surface area contributed by atoms with Crippen LogP contribution in [0.5, 0.6) is 0 Å². The minimum Gasteiger partial charge on any atom is -0.469 e. The van der Waals surface area contributed by atoms with Crippen LogP contribution in [0.4, 0.5) is 0 Å². The van der Waals surface area contributed by atoms with E-state index in [9.17, 15) is 0 Å². The van der Waals surface area contributed by atoms with Gasteiger partial charge in [0, 0.05) is 32.7 Å². The number of nitrogens with zero attached hydrogens (tertiary/aromatic N) is 1. The number of guanidine groups is 1. The molecule has 1 saturated heterocycles. The van der Waals surface area contributed by atoms with E-state index in [4.69, 9.17) is 18.9 Å². The summed E-state index contributed by atoms with van der Waals surface area (Å²) < 4.78 is 17.1. The molecule has 0 amide bonds. The van der Waals surface area contributed by atoms with Crippen LogP contribution in [0.3, 0.4) is 0 Å². The highest BCUT2D eigenvalue weighted by atomic mass is 127. The van der Waals surface area contributed by atoms with Gasteiger partial charge in [0.2, 0.25) is 0 Å². The van der Waals surface area contributed by atoms with Crippen LogP contribution < -0.4 is 10.6 Å². The summed E-state index contributed by atoms with van der Waals surface area (Å²) in [4.78, 5) is 4.71. The molecular formula is C21H36IN3O3. The van der Waals surface area contributed by atoms with Gasteiger partial charge in [0.1, 0.15) is 5.76 Å². The molecule has 1 aromatic rings. The summed E-state index contributed by atoms with van der Waals surface area (Å²) in [5.74, 6) is 1.84. The molecule has 0 radical (unpaired) electrons. The second kappa shape index (κ2) is 14.2. The van der Waals surface area contributed by atoms with Gasteiger partial charge in [-0.05, 0) is 44.2 Å². The third-order valence-corrected chi connectivity index (χ3v) is 5.24. The number of halogens is 1. The lowest BCUT2D eigenvalue weighted by atomic mass is 9.98. The monoisotopic (exact) mass is 505 g/mol. The predicted octanol–water partition coefficient (Wildman–Crippen LogP) is 3.89. The van der Waals surface area contributed by atoms with Crippen LogP contribution in [0.25, 0.3) is 0 Å². The zero-order valence-electron chi connectivity index (χ0n) is 16.9. The van der Waals surface area contributed by atoms with Crippen LogP contribution >= 0.6 is 24.0 Å². The summed E-state index contributed by atoms with van der Waals surface area (Å²) in [6.45, 7) is 4.07. The van der Waals surface area contributed by atoms with E-state index in [1.807, 2.05) is 12.1 Å². The van der Waals surface area contributed by atoms with Crippen LogP contribution in [0.2, 0.25) is 0 Å². The van der Waals surface area contributed by atoms with Crippen molar-refractivity contribution in [2.75, 3.05) is 32.8 Å². The van der Waals surface area contributed by atoms with Crippen molar-refractivity contribution in [2.45, 2.75) is 70.0 Å². The number of furan rings is 1. The van der Waals surface area contributed by atoms with Gasteiger partial charge in [-0.15, -0.1) is 24.0 Å². The Kier molecular flexibility index (Phi) is 11.9. The third kappa shape index (κ3) is 9.13. The summed E-state index contributed by atoms with van der Waals surface area (Å²) in [5.41, 5.74) is 0. The molecule has 0 bridgehead atoms. The van der Waals surface area contributed by atoms with Crippen molar-refractivity contribution in [2.24, 2.45) is 4.99 Å². The van der Waals surface area contributed by atoms with Gasteiger partial charge in [0.25, 0.3) is 0 Å². The highest BCUT2D eigenvalue weighted by Crippen LogP contribution is 2.20. The minimum atomic E-state index is 0. The second-order valence-electron chi connectivity index (χ2n) is 7.49. The molecule has 1 aliphatic carbocycles. The van der Waals surface area contributed by atoms with E-state index in [0.717, 1.165) is 63.7 Å². The Morgan fingerprint density at radius 3 is 2.71 bits per heavy atom. The maximum atomic E-state index is 6.00. The molecule has 160 valence electrons. The molecule has 1 aromatic heterocycles. The van der Waals surface area contributed by atoms with E-state index in [1.54, 1.807) is 6.26 Å². The van der Waals surface area contributed by atoms with Crippen molar-refractivity contribution < 1.29 is 13.9 Å². The maximum Gasteiger partial charge on any atom is 0.191 e. The first-order valence-corrected chi connectivity index (χ1v) is 10.7. The fraction of sp³-hybridized carbons (Fsp3) is 0.762. The van der Waals surface area contributed by atoms with E-state index in [1.165, 1.54) is 32.1 Å². The first kappa shape index (κ1) is 23.5. The summed E-state index contributed by atoms with van der Waals surface area (Å²) in [7, 11) is 0. The standard InChI is InChI=1S/C21H35N3O3.HI/c1-2-7-18(8-3-1)26-16-6-12-22-21(24-17-20-10-5-15-27-20)23-13-11-19-9-4-14-25-19;/h4,9,14,18,20H,1-3,5-8,10-13,15-17H2,(H2,22,23,24);1H. The lowest BCUT2D eigenvalue weighted by molar-refractivity contribution is 0.0277. The molecule has 1 unspecified atom stereocenters. The number of hydrogen-bond donors (Lipinski definition) is 2. The largest absolute Gasteiger partial charge is 0.469 e. The Hall–Kier alpha value is -0.800. The summed E-state index contributed by atoms with van der Waals surface area (Å²) in [5, 5.41) is 6.84. The first-order chi connectivity index (χ1) is 13.4. The number of ether oxygens (including phenoxy) is 2.